The fourth-order valence-electron chi connectivity index (χ4n) is 0.241. The van der Waals surface area contributed by atoms with E-state index in [0.29, 0.717) is 13.0 Å². The average molecular weight is 150 g/mol. The van der Waals surface area contributed by atoms with Gasteiger partial charge in [-0.25, -0.2) is 4.79 Å². The number of hydrogen-bond acceptors (Lipinski definition) is 3. The third-order valence-corrected chi connectivity index (χ3v) is 0.584. The average Bonchev–Trinajstić information content (AvgIpc) is 1.62. The minimum Gasteiger partial charge on any atom is -0.465 e. The van der Waals surface area contributed by atoms with Gasteiger partial charge in [-0.05, 0) is 19.9 Å². The van der Waals surface area contributed by atoms with Gasteiger partial charge < -0.3 is 21.7 Å². The van der Waals surface area contributed by atoms with Crippen LogP contribution >= 0.6 is 0 Å². The molecule has 62 valence electrons. The highest BCUT2D eigenvalue weighted by Crippen LogP contribution is 1.81. The SMILES string of the molecule is CC(O)CCN.NC(=O)O. The Morgan fingerprint density at radius 2 is 2.00 bits per heavy atom. The van der Waals surface area contributed by atoms with Crippen LogP contribution in [0.5, 0.6) is 0 Å². The van der Waals surface area contributed by atoms with Crippen LogP contribution in [0.4, 0.5) is 4.79 Å². The zero-order chi connectivity index (χ0) is 8.57. The first-order chi connectivity index (χ1) is 4.50. The van der Waals surface area contributed by atoms with E-state index in [1.165, 1.54) is 0 Å². The summed E-state index contributed by atoms with van der Waals surface area (Å²) in [6.45, 7) is 2.31. The van der Waals surface area contributed by atoms with Crippen LogP contribution < -0.4 is 11.5 Å². The minimum atomic E-state index is -1.33. The number of carboxylic acid groups (broad SMARTS) is 1. The van der Waals surface area contributed by atoms with Crippen LogP contribution in [-0.2, 0) is 0 Å². The third-order valence-electron chi connectivity index (χ3n) is 0.584. The van der Waals surface area contributed by atoms with Crippen LogP contribution in [0, 0.1) is 0 Å². The van der Waals surface area contributed by atoms with E-state index >= 15 is 0 Å². The summed E-state index contributed by atoms with van der Waals surface area (Å²) in [5, 5.41) is 15.7. The first-order valence-corrected chi connectivity index (χ1v) is 2.87. The van der Waals surface area contributed by atoms with Gasteiger partial charge in [-0.1, -0.05) is 0 Å². The van der Waals surface area contributed by atoms with Crippen molar-refractivity contribution in [3.05, 3.63) is 0 Å². The van der Waals surface area contributed by atoms with E-state index in [9.17, 15) is 0 Å². The Labute approximate surface area is 59.6 Å². The van der Waals surface area contributed by atoms with Gasteiger partial charge in [-0.15, -0.1) is 0 Å². The van der Waals surface area contributed by atoms with Gasteiger partial charge in [0, 0.05) is 0 Å². The molecule has 0 rings (SSSR count). The number of aliphatic hydroxyl groups is 1. The van der Waals surface area contributed by atoms with Crippen LogP contribution in [0.2, 0.25) is 0 Å². The zero-order valence-corrected chi connectivity index (χ0v) is 5.95. The second-order valence-corrected chi connectivity index (χ2v) is 1.76. The van der Waals surface area contributed by atoms with Crippen molar-refractivity contribution in [3.8, 4) is 0 Å². The predicted molar refractivity (Wildman–Crippen MR) is 37.6 cm³/mol. The molecule has 0 aliphatic rings. The Bertz CT molecular complexity index is 81.0. The molecule has 0 aromatic carbocycles. The Kier molecular flexibility index (Phi) is 9.77. The molecule has 0 bridgehead atoms. The molecular formula is C5H14N2O3. The summed E-state index contributed by atoms with van der Waals surface area (Å²) in [4.78, 5) is 8.78. The smallest absolute Gasteiger partial charge is 0.402 e. The summed E-state index contributed by atoms with van der Waals surface area (Å²) in [6, 6.07) is 0. The Hall–Kier alpha value is -0.810. The maximum absolute atomic E-state index is 8.78. The molecule has 5 heteroatoms. The number of amides is 1. The molecule has 0 fully saturated rings. The molecule has 0 radical (unpaired) electrons. The van der Waals surface area contributed by atoms with Crippen molar-refractivity contribution in [1.82, 2.24) is 0 Å². The number of aliphatic hydroxyl groups excluding tert-OH is 1. The van der Waals surface area contributed by atoms with Crippen molar-refractivity contribution in [2.45, 2.75) is 19.4 Å². The fourth-order valence-corrected chi connectivity index (χ4v) is 0.241. The van der Waals surface area contributed by atoms with E-state index in [-0.39, 0.29) is 6.10 Å². The van der Waals surface area contributed by atoms with Crippen molar-refractivity contribution in [2.24, 2.45) is 11.5 Å². The Morgan fingerprint density at radius 1 is 1.70 bits per heavy atom. The van der Waals surface area contributed by atoms with Crippen LogP contribution in [0.15, 0.2) is 0 Å². The minimum absolute atomic E-state index is 0.227. The zero-order valence-electron chi connectivity index (χ0n) is 5.95. The predicted octanol–water partition coefficient (Wildman–Crippen LogP) is -0.661. The number of carbonyl (C=O) groups is 1. The molecule has 0 aromatic heterocycles. The lowest BCUT2D eigenvalue weighted by Gasteiger charge is -1.95. The molecule has 1 atom stereocenters. The van der Waals surface area contributed by atoms with Crippen LogP contribution in [0.3, 0.4) is 0 Å². The van der Waals surface area contributed by atoms with Crippen molar-refractivity contribution >= 4 is 6.09 Å². The lowest BCUT2D eigenvalue weighted by atomic mass is 10.3. The van der Waals surface area contributed by atoms with E-state index < -0.39 is 6.09 Å². The molecule has 0 saturated heterocycles. The van der Waals surface area contributed by atoms with Gasteiger partial charge in [0.15, 0.2) is 0 Å². The van der Waals surface area contributed by atoms with E-state index in [4.69, 9.17) is 20.7 Å². The Balaban J connectivity index is 0. The number of hydrogen-bond donors (Lipinski definition) is 4. The standard InChI is InChI=1S/C4H11NO.CH3NO2/c1-4(6)2-3-5;2-1(3)4/h4,6H,2-3,5H2,1H3;2H2,(H,3,4). The molecule has 0 saturated carbocycles. The van der Waals surface area contributed by atoms with E-state index in [1.807, 2.05) is 0 Å². The Morgan fingerprint density at radius 3 is 2.00 bits per heavy atom. The normalized spacial score (nSPS) is 11.1. The van der Waals surface area contributed by atoms with Gasteiger partial charge in [0.05, 0.1) is 6.10 Å². The van der Waals surface area contributed by atoms with Crippen LogP contribution in [0.1, 0.15) is 13.3 Å². The van der Waals surface area contributed by atoms with Gasteiger partial charge >= 0.3 is 6.09 Å². The van der Waals surface area contributed by atoms with Gasteiger partial charge in [0.25, 0.3) is 0 Å². The molecule has 10 heavy (non-hydrogen) atoms. The van der Waals surface area contributed by atoms with Crippen molar-refractivity contribution in [2.75, 3.05) is 6.54 Å². The van der Waals surface area contributed by atoms with E-state index in [0.717, 1.165) is 0 Å². The first-order valence-electron chi connectivity index (χ1n) is 2.87. The van der Waals surface area contributed by atoms with E-state index in [2.05, 4.69) is 5.73 Å². The highest BCUT2D eigenvalue weighted by Gasteiger charge is 1.87. The molecule has 0 aliphatic heterocycles. The highest BCUT2D eigenvalue weighted by atomic mass is 16.4. The summed E-state index contributed by atoms with van der Waals surface area (Å²) in [5.74, 6) is 0. The van der Waals surface area contributed by atoms with Crippen molar-refractivity contribution < 1.29 is 15.0 Å². The molecule has 0 spiro atoms. The van der Waals surface area contributed by atoms with Crippen LogP contribution in [0.25, 0.3) is 0 Å². The third kappa shape index (κ3) is 57.4. The molecule has 1 unspecified atom stereocenters. The lowest BCUT2D eigenvalue weighted by molar-refractivity contribution is 0.187. The molecule has 1 amide bonds. The topological polar surface area (TPSA) is 110 Å². The van der Waals surface area contributed by atoms with Gasteiger partial charge in [-0.2, -0.15) is 0 Å². The lowest BCUT2D eigenvalue weighted by Crippen LogP contribution is -2.08. The second-order valence-electron chi connectivity index (χ2n) is 1.76. The largest absolute Gasteiger partial charge is 0.465 e. The fraction of sp³-hybridized carbons (Fsp3) is 0.800. The second kappa shape index (κ2) is 8.19. The highest BCUT2D eigenvalue weighted by molar-refractivity contribution is 5.61. The molecule has 0 heterocycles. The summed E-state index contributed by atoms with van der Waals surface area (Å²) in [6.07, 6.45) is -0.852. The maximum atomic E-state index is 8.78. The summed E-state index contributed by atoms with van der Waals surface area (Å²) in [7, 11) is 0. The van der Waals surface area contributed by atoms with Gasteiger partial charge in [-0.3, -0.25) is 0 Å². The summed E-state index contributed by atoms with van der Waals surface area (Å²) >= 11 is 0. The number of nitrogens with two attached hydrogens (primary N) is 2. The van der Waals surface area contributed by atoms with Gasteiger partial charge in [0.1, 0.15) is 0 Å². The molecular weight excluding hydrogens is 136 g/mol. The monoisotopic (exact) mass is 150 g/mol. The summed E-state index contributed by atoms with van der Waals surface area (Å²) < 4.78 is 0. The number of rotatable bonds is 2. The van der Waals surface area contributed by atoms with Crippen molar-refractivity contribution in [3.63, 3.8) is 0 Å². The molecule has 5 nitrogen and oxygen atoms in total. The molecule has 6 N–H and O–H groups in total. The van der Waals surface area contributed by atoms with E-state index in [1.54, 1.807) is 6.92 Å². The summed E-state index contributed by atoms with van der Waals surface area (Å²) in [5.41, 5.74) is 9.10. The van der Waals surface area contributed by atoms with Crippen LogP contribution in [-0.4, -0.2) is 29.0 Å². The molecule has 0 aliphatic carbocycles. The quantitative estimate of drug-likeness (QED) is 0.418. The number of primary amides is 1. The molecule has 0 aromatic rings. The maximum Gasteiger partial charge on any atom is 0.402 e. The van der Waals surface area contributed by atoms with Crippen molar-refractivity contribution in [1.29, 1.82) is 0 Å². The van der Waals surface area contributed by atoms with Gasteiger partial charge in [0.2, 0.25) is 0 Å². The first kappa shape index (κ1) is 11.9.